The first-order valence-electron chi connectivity index (χ1n) is 24.0. The van der Waals surface area contributed by atoms with Crippen molar-refractivity contribution >= 4 is 17.7 Å². The Bertz CT molecular complexity index is 1390. The highest BCUT2D eigenvalue weighted by atomic mass is 16.3. The monoisotopic (exact) mass is 776 g/mol. The van der Waals surface area contributed by atoms with Crippen LogP contribution in [0.2, 0.25) is 0 Å². The molecule has 4 heterocycles. The Balaban J connectivity index is 0.764. The van der Waals surface area contributed by atoms with E-state index in [1.807, 2.05) is 16.0 Å². The van der Waals surface area contributed by atoms with Crippen molar-refractivity contribution in [2.45, 2.75) is 160 Å². The minimum atomic E-state index is -0.467. The molecule has 6 unspecified atom stereocenters. The fourth-order valence-electron chi connectivity index (χ4n) is 14.0. The van der Waals surface area contributed by atoms with Crippen LogP contribution in [0.15, 0.2) is 11.1 Å². The van der Waals surface area contributed by atoms with Crippen molar-refractivity contribution in [2.75, 3.05) is 58.9 Å². The van der Waals surface area contributed by atoms with Crippen LogP contribution in [0.5, 0.6) is 0 Å². The SMILES string of the molecule is CC/C(=C(\C1CCC(O)CC1)C1CCC(C2CCN(CCN3CCN(C4CCC5C(=O)N(C6CCC(=O)NC6=O)CC5C4)CC3)CC2C)CC1)C1CCCCC1. The fourth-order valence-corrected chi connectivity index (χ4v) is 14.0. The summed E-state index contributed by atoms with van der Waals surface area (Å²) >= 11 is 0. The van der Waals surface area contributed by atoms with Crippen molar-refractivity contribution in [3.05, 3.63) is 11.1 Å². The number of nitrogens with one attached hydrogen (secondary N) is 1. The maximum Gasteiger partial charge on any atom is 0.249 e. The van der Waals surface area contributed by atoms with Gasteiger partial charge in [0.1, 0.15) is 6.04 Å². The maximum atomic E-state index is 13.3. The number of nitrogens with zero attached hydrogens (tertiary/aromatic N) is 4. The van der Waals surface area contributed by atoms with E-state index in [-0.39, 0.29) is 29.7 Å². The van der Waals surface area contributed by atoms with Crippen LogP contribution < -0.4 is 5.32 Å². The number of piperidine rings is 2. The van der Waals surface area contributed by atoms with E-state index in [4.69, 9.17) is 0 Å². The molecule has 8 rings (SSSR count). The summed E-state index contributed by atoms with van der Waals surface area (Å²) in [5, 5.41) is 12.8. The molecule has 0 bridgehead atoms. The first kappa shape index (κ1) is 40.9. The molecule has 4 saturated heterocycles. The number of allylic oxidation sites excluding steroid dienone is 2. The third kappa shape index (κ3) is 9.16. The zero-order valence-corrected chi connectivity index (χ0v) is 35.3. The molecule has 0 radical (unpaired) electrons. The quantitative estimate of drug-likeness (QED) is 0.190. The molecule has 3 amide bonds. The number of piperazine rings is 1. The Hall–Kier alpha value is -1.81. The number of likely N-dealkylation sites (tertiary alicyclic amines) is 2. The molecular formula is C47H77N5O4. The molecule has 2 N–H and O–H groups in total. The zero-order valence-electron chi connectivity index (χ0n) is 35.3. The van der Waals surface area contributed by atoms with Gasteiger partial charge in [0.05, 0.1) is 6.10 Å². The highest BCUT2D eigenvalue weighted by Gasteiger charge is 2.49. The van der Waals surface area contributed by atoms with Crippen LogP contribution in [0, 0.1) is 47.3 Å². The van der Waals surface area contributed by atoms with Gasteiger partial charge >= 0.3 is 0 Å². The van der Waals surface area contributed by atoms with Gasteiger partial charge in [-0.1, -0.05) is 44.3 Å². The van der Waals surface area contributed by atoms with Gasteiger partial charge in [0.15, 0.2) is 0 Å². The lowest BCUT2D eigenvalue weighted by Crippen LogP contribution is -2.53. The molecule has 0 aromatic rings. The van der Waals surface area contributed by atoms with Gasteiger partial charge in [-0.3, -0.25) is 29.5 Å². The summed E-state index contributed by atoms with van der Waals surface area (Å²) in [5.74, 6) is 4.99. The molecule has 0 aromatic heterocycles. The standard InChI is InChI=1S/C47H77N5O4/c1-3-40(33-7-5-4-6-8-33)45(36-13-16-39(53)17-14-36)35-11-9-34(10-12-35)41-21-22-50(30-32(41)2)24-23-49-25-27-51(28-26-49)38-15-18-42-37(29-38)31-52(47(42)56)43-19-20-44(54)48-46(43)55/h32-39,41-43,53H,3-31H2,1-2H3,(H,48,54,55)/b45-40+. The zero-order chi connectivity index (χ0) is 38.8. The normalized spacial score (nSPS) is 39.3. The smallest absolute Gasteiger partial charge is 0.249 e. The third-order valence-corrected chi connectivity index (χ3v) is 17.1. The molecule has 8 aliphatic rings. The number of hydrogen-bond acceptors (Lipinski definition) is 7. The number of amides is 3. The van der Waals surface area contributed by atoms with E-state index in [1.54, 1.807) is 0 Å². The van der Waals surface area contributed by atoms with Crippen LogP contribution in [0.3, 0.4) is 0 Å². The third-order valence-electron chi connectivity index (χ3n) is 17.1. The van der Waals surface area contributed by atoms with Crippen molar-refractivity contribution in [3.63, 3.8) is 0 Å². The number of rotatable bonds is 10. The summed E-state index contributed by atoms with van der Waals surface area (Å²) in [6.07, 6.45) is 23.7. The molecule has 4 aliphatic carbocycles. The number of carbonyl (C=O) groups is 3. The van der Waals surface area contributed by atoms with Gasteiger partial charge in [0.25, 0.3) is 0 Å². The topological polar surface area (TPSA) is 96.4 Å². The van der Waals surface area contributed by atoms with Crippen molar-refractivity contribution in [3.8, 4) is 0 Å². The van der Waals surface area contributed by atoms with Gasteiger partial charge in [-0.2, -0.15) is 0 Å². The van der Waals surface area contributed by atoms with Gasteiger partial charge in [0.2, 0.25) is 17.7 Å². The lowest BCUT2D eigenvalue weighted by molar-refractivity contribution is -0.144. The molecule has 0 aromatic carbocycles. The highest BCUT2D eigenvalue weighted by Crippen LogP contribution is 2.49. The van der Waals surface area contributed by atoms with Crippen LogP contribution in [0.1, 0.15) is 142 Å². The van der Waals surface area contributed by atoms with Crippen LogP contribution in [0.25, 0.3) is 0 Å². The number of aliphatic hydroxyl groups is 1. The molecule has 0 spiro atoms. The number of aliphatic hydroxyl groups excluding tert-OH is 1. The lowest BCUT2D eigenvalue weighted by atomic mass is 9.64. The van der Waals surface area contributed by atoms with Gasteiger partial charge in [0, 0.05) is 70.7 Å². The molecular weight excluding hydrogens is 699 g/mol. The van der Waals surface area contributed by atoms with Crippen LogP contribution in [-0.4, -0.2) is 120 Å². The Morgan fingerprint density at radius 3 is 2.07 bits per heavy atom. The summed E-state index contributed by atoms with van der Waals surface area (Å²) in [6.45, 7) is 15.1. The molecule has 4 aliphatic heterocycles. The fraction of sp³-hybridized carbons (Fsp3) is 0.894. The molecule has 56 heavy (non-hydrogen) atoms. The van der Waals surface area contributed by atoms with E-state index in [1.165, 1.54) is 110 Å². The first-order valence-corrected chi connectivity index (χ1v) is 24.0. The van der Waals surface area contributed by atoms with Gasteiger partial charge in [-0.05, 0) is 151 Å². The van der Waals surface area contributed by atoms with Crippen molar-refractivity contribution < 1.29 is 19.5 Å². The van der Waals surface area contributed by atoms with E-state index >= 15 is 0 Å². The van der Waals surface area contributed by atoms with E-state index in [0.717, 1.165) is 93.8 Å². The maximum absolute atomic E-state index is 13.3. The van der Waals surface area contributed by atoms with Crippen LogP contribution in [0.4, 0.5) is 0 Å². The Labute approximate surface area is 339 Å². The van der Waals surface area contributed by atoms with Crippen LogP contribution in [-0.2, 0) is 14.4 Å². The van der Waals surface area contributed by atoms with Crippen molar-refractivity contribution in [2.24, 2.45) is 47.3 Å². The minimum absolute atomic E-state index is 0.0531. The average Bonchev–Trinajstić information content (AvgIpc) is 3.55. The van der Waals surface area contributed by atoms with Gasteiger partial charge < -0.3 is 14.9 Å². The van der Waals surface area contributed by atoms with E-state index < -0.39 is 6.04 Å². The Morgan fingerprint density at radius 2 is 1.39 bits per heavy atom. The summed E-state index contributed by atoms with van der Waals surface area (Å²) in [6, 6.07) is 0.0724. The Kier molecular flexibility index (Phi) is 13.6. The van der Waals surface area contributed by atoms with E-state index in [2.05, 4.69) is 33.9 Å². The summed E-state index contributed by atoms with van der Waals surface area (Å²) in [5.41, 5.74) is 3.80. The largest absolute Gasteiger partial charge is 0.393 e. The predicted octanol–water partition coefficient (Wildman–Crippen LogP) is 6.64. The predicted molar refractivity (Wildman–Crippen MR) is 222 cm³/mol. The van der Waals surface area contributed by atoms with Gasteiger partial charge in [-0.25, -0.2) is 0 Å². The summed E-state index contributed by atoms with van der Waals surface area (Å²) in [4.78, 5) is 47.5. The van der Waals surface area contributed by atoms with Gasteiger partial charge in [-0.15, -0.1) is 0 Å². The average molecular weight is 776 g/mol. The van der Waals surface area contributed by atoms with E-state index in [0.29, 0.717) is 31.3 Å². The number of carbonyl (C=O) groups excluding carboxylic acids is 3. The minimum Gasteiger partial charge on any atom is -0.393 e. The number of fused-ring (bicyclic) bond motifs is 1. The van der Waals surface area contributed by atoms with Crippen LogP contribution >= 0.6 is 0 Å². The lowest BCUT2D eigenvalue weighted by Gasteiger charge is -2.45. The Morgan fingerprint density at radius 1 is 0.696 bits per heavy atom. The second-order valence-corrected chi connectivity index (χ2v) is 20.2. The molecule has 314 valence electrons. The summed E-state index contributed by atoms with van der Waals surface area (Å²) in [7, 11) is 0. The molecule has 9 nitrogen and oxygen atoms in total. The van der Waals surface area contributed by atoms with Crippen molar-refractivity contribution in [1.82, 2.24) is 24.9 Å². The summed E-state index contributed by atoms with van der Waals surface area (Å²) < 4.78 is 0. The first-order chi connectivity index (χ1) is 27.2. The molecule has 9 heteroatoms. The highest BCUT2D eigenvalue weighted by molar-refractivity contribution is 6.02. The molecule has 4 saturated carbocycles. The second-order valence-electron chi connectivity index (χ2n) is 20.2. The molecule has 6 atom stereocenters. The molecule has 8 fully saturated rings. The number of hydrogen-bond donors (Lipinski definition) is 2. The number of imide groups is 1. The van der Waals surface area contributed by atoms with E-state index in [9.17, 15) is 19.5 Å². The van der Waals surface area contributed by atoms with Crippen molar-refractivity contribution in [1.29, 1.82) is 0 Å². The second kappa shape index (κ2) is 18.6.